The summed E-state index contributed by atoms with van der Waals surface area (Å²) >= 11 is 0. The van der Waals surface area contributed by atoms with Crippen LogP contribution in [0, 0.1) is 81.3 Å². The minimum absolute atomic E-state index is 0.0109. The molecule has 1 saturated heterocycles. The molecular weight excluding hydrogens is 855 g/mol. The van der Waals surface area contributed by atoms with E-state index >= 15 is 0 Å². The highest BCUT2D eigenvalue weighted by atomic mass is 33.1. The minimum atomic E-state index is -1.36. The highest BCUT2D eigenvalue weighted by Gasteiger charge is 2.77. The van der Waals surface area contributed by atoms with Gasteiger partial charge in [-0.1, -0.05) is 78.0 Å². The second-order valence-corrected chi connectivity index (χ2v) is 26.4. The Morgan fingerprint density at radius 3 is 2.54 bits per heavy atom. The molecule has 7 fully saturated rings. The summed E-state index contributed by atoms with van der Waals surface area (Å²) in [5.41, 5.74) is 10.8. The minimum Gasteiger partial charge on any atom is -0.392 e. The molecule has 6 saturated carbocycles. The third kappa shape index (κ3) is 6.56. The van der Waals surface area contributed by atoms with E-state index in [0.29, 0.717) is 24.1 Å². The molecule has 0 spiro atoms. The molecule has 1 aliphatic heterocycles. The van der Waals surface area contributed by atoms with Crippen LogP contribution in [0.5, 0.6) is 0 Å². The summed E-state index contributed by atoms with van der Waals surface area (Å²) in [6.07, 6.45) is 16.5. The van der Waals surface area contributed by atoms with Crippen molar-refractivity contribution in [3.05, 3.63) is 52.7 Å². The van der Waals surface area contributed by atoms with E-state index in [1.54, 1.807) is 29.7 Å². The number of hydrogen-bond acceptors (Lipinski definition) is 10. The number of ketones is 1. The van der Waals surface area contributed by atoms with Crippen molar-refractivity contribution in [1.82, 2.24) is 14.9 Å². The summed E-state index contributed by atoms with van der Waals surface area (Å²) in [6.45, 7) is 11.4. The van der Waals surface area contributed by atoms with Gasteiger partial charge in [-0.25, -0.2) is 4.98 Å². The van der Waals surface area contributed by atoms with Gasteiger partial charge in [0.2, 0.25) is 0 Å². The number of aliphatic hydroxyl groups is 5. The fourth-order valence-corrected chi connectivity index (χ4v) is 21.2. The van der Waals surface area contributed by atoms with E-state index in [0.717, 1.165) is 56.3 Å². The summed E-state index contributed by atoms with van der Waals surface area (Å²) in [6, 6.07) is 0.192. The Bertz CT molecular complexity index is 2190. The van der Waals surface area contributed by atoms with Gasteiger partial charge in [0.15, 0.2) is 11.7 Å². The zero-order chi connectivity index (χ0) is 45.5. The first-order valence-electron chi connectivity index (χ1n) is 25.5. The molecule has 10 aliphatic rings. The maximum absolute atomic E-state index is 14.8. The molecule has 0 amide bonds. The number of nitrogens with zero attached hydrogens (tertiary/aromatic N) is 3. The molecule has 13 heteroatoms. The Kier molecular flexibility index (Phi) is 11.3. The van der Waals surface area contributed by atoms with Crippen molar-refractivity contribution >= 4 is 33.3 Å². The molecule has 0 aromatic carbocycles. The van der Waals surface area contributed by atoms with Crippen molar-refractivity contribution in [2.75, 3.05) is 18.1 Å². The van der Waals surface area contributed by atoms with Gasteiger partial charge in [-0.3, -0.25) is 9.79 Å². The summed E-state index contributed by atoms with van der Waals surface area (Å²) < 4.78 is 2.31. The molecule has 2 heterocycles. The standard InChI is InChI=1S/C52H75N5O6S2/c1-26(58)56-48(53)55-22-34-35-14-13-32-31-12-8-11-30-29-9-6-7-10-33(29)46-44(42(30)31)47(62)43(32)37-17-27(23-64-65-24-28(20-49(46,2)3)57-16-15-54-25-57)52(63,51(35,37)5)38-19-39(59)36-18-40(60)41(61)21-50(36,4)45(34)38/h15-16,19,25-29,31-32,34-37,40-41,43-45,47,58,60-63H,6-14,17-18,20-24H2,1-5H3,(H3,53,55,56)/t26-,27+,28-,29-,31-,32+,34+,35-,36-,37+,40+,41-,43-,44+,45-,47-,50-,51+,52+/m0/s1. The number of imidazole rings is 1. The zero-order valence-corrected chi connectivity index (χ0v) is 40.9. The Hall–Kier alpha value is -2.13. The van der Waals surface area contributed by atoms with Crippen LogP contribution in [-0.2, 0) is 4.79 Å². The van der Waals surface area contributed by atoms with E-state index in [1.165, 1.54) is 31.3 Å². The maximum atomic E-state index is 14.8. The van der Waals surface area contributed by atoms with Crippen molar-refractivity contribution in [1.29, 1.82) is 0 Å². The molecule has 11 rings (SSSR count). The molecule has 65 heavy (non-hydrogen) atoms. The molecule has 11 nitrogen and oxygen atoms in total. The molecule has 1 aromatic heterocycles. The number of fused-ring (bicyclic) bond motifs is 9. The average Bonchev–Trinajstić information content (AvgIpc) is 3.84. The van der Waals surface area contributed by atoms with Crippen LogP contribution >= 0.6 is 21.6 Å². The second-order valence-electron chi connectivity index (χ2n) is 23.8. The van der Waals surface area contributed by atoms with Crippen molar-refractivity contribution in [2.24, 2.45) is 92.1 Å². The third-order valence-electron chi connectivity index (χ3n) is 20.6. The lowest BCUT2D eigenvalue weighted by atomic mass is 9.39. The zero-order valence-electron chi connectivity index (χ0n) is 39.2. The van der Waals surface area contributed by atoms with Gasteiger partial charge in [0, 0.05) is 65.6 Å². The number of nitrogens with one attached hydrogen (secondary N) is 1. The Labute approximate surface area is 393 Å². The summed E-state index contributed by atoms with van der Waals surface area (Å²) in [5, 5.41) is 64.3. The number of allylic oxidation sites excluding steroid dienone is 3. The lowest BCUT2D eigenvalue weighted by Crippen LogP contribution is -2.68. The highest BCUT2D eigenvalue weighted by Crippen LogP contribution is 2.77. The predicted molar refractivity (Wildman–Crippen MR) is 256 cm³/mol. The van der Waals surface area contributed by atoms with Crippen LogP contribution in [0.4, 0.5) is 0 Å². The molecule has 8 N–H and O–H groups in total. The number of carbonyl (C=O) groups is 1. The fraction of sp³-hybridized carbons (Fsp3) is 0.788. The smallest absolute Gasteiger partial charge is 0.190 e. The topological polar surface area (TPSA) is 186 Å². The van der Waals surface area contributed by atoms with Crippen molar-refractivity contribution < 1.29 is 30.3 Å². The lowest BCUT2D eigenvalue weighted by Gasteiger charge is -2.66. The Morgan fingerprint density at radius 1 is 0.985 bits per heavy atom. The first-order valence-corrected chi connectivity index (χ1v) is 27.9. The van der Waals surface area contributed by atoms with Gasteiger partial charge in [-0.05, 0) is 148 Å². The molecule has 356 valence electrons. The largest absolute Gasteiger partial charge is 0.392 e. The number of aliphatic imine (C=N–C) groups is 1. The van der Waals surface area contributed by atoms with E-state index in [9.17, 15) is 30.3 Å². The van der Waals surface area contributed by atoms with Gasteiger partial charge in [-0.2, -0.15) is 0 Å². The van der Waals surface area contributed by atoms with Gasteiger partial charge in [0.05, 0.1) is 30.2 Å². The van der Waals surface area contributed by atoms with Crippen LogP contribution in [0.1, 0.15) is 124 Å². The summed E-state index contributed by atoms with van der Waals surface area (Å²) in [5.74, 6) is 1.57. The van der Waals surface area contributed by atoms with Gasteiger partial charge >= 0.3 is 0 Å². The molecule has 0 radical (unpaired) electrons. The monoisotopic (exact) mass is 930 g/mol. The number of aliphatic hydroxyl groups excluding tert-OH is 4. The van der Waals surface area contributed by atoms with Gasteiger partial charge < -0.3 is 41.2 Å². The molecule has 0 unspecified atom stereocenters. The quantitative estimate of drug-likeness (QED) is 0.0544. The van der Waals surface area contributed by atoms with Gasteiger partial charge in [-0.15, -0.1) is 0 Å². The van der Waals surface area contributed by atoms with Crippen LogP contribution in [0.2, 0.25) is 0 Å². The Balaban J connectivity index is 1.13. The van der Waals surface area contributed by atoms with Gasteiger partial charge in [0.1, 0.15) is 6.23 Å². The number of aromatic nitrogens is 2. The molecule has 1 aromatic rings. The number of nitrogens with two attached hydrogens (primary N) is 1. The van der Waals surface area contributed by atoms with E-state index in [4.69, 9.17) is 10.7 Å². The van der Waals surface area contributed by atoms with Crippen LogP contribution in [0.25, 0.3) is 0 Å². The second kappa shape index (κ2) is 16.2. The van der Waals surface area contributed by atoms with E-state index in [1.807, 2.05) is 34.1 Å². The van der Waals surface area contributed by atoms with Crippen LogP contribution in [0.15, 0.2) is 57.7 Å². The Morgan fingerprint density at radius 2 is 1.77 bits per heavy atom. The van der Waals surface area contributed by atoms with Gasteiger partial charge in [0.25, 0.3) is 0 Å². The van der Waals surface area contributed by atoms with Crippen molar-refractivity contribution in [2.45, 2.75) is 154 Å². The fourth-order valence-electron chi connectivity index (χ4n) is 18.5. The maximum Gasteiger partial charge on any atom is 0.190 e. The molecule has 9 aliphatic carbocycles. The first-order chi connectivity index (χ1) is 31.0. The van der Waals surface area contributed by atoms with E-state index in [2.05, 4.69) is 48.8 Å². The van der Waals surface area contributed by atoms with Crippen LogP contribution in [0.3, 0.4) is 0 Å². The number of carbonyl (C=O) groups excluding carboxylic acids is 1. The average molecular weight is 930 g/mol. The van der Waals surface area contributed by atoms with Crippen LogP contribution in [-0.4, -0.2) is 95.0 Å². The summed E-state index contributed by atoms with van der Waals surface area (Å²) in [7, 11) is 3.76. The highest BCUT2D eigenvalue weighted by molar-refractivity contribution is 8.76. The summed E-state index contributed by atoms with van der Waals surface area (Å²) in [4.78, 5) is 24.3. The molecular formula is C52H75N5O6S2. The first kappa shape index (κ1) is 45.3. The van der Waals surface area contributed by atoms with E-state index in [-0.39, 0.29) is 83.4 Å². The lowest BCUT2D eigenvalue weighted by molar-refractivity contribution is -0.191. The molecule has 4 bridgehead atoms. The van der Waals surface area contributed by atoms with Crippen molar-refractivity contribution in [3.8, 4) is 0 Å². The third-order valence-corrected chi connectivity index (χ3v) is 23.1. The molecule has 19 atom stereocenters. The number of rotatable bonds is 4. The van der Waals surface area contributed by atoms with E-state index < -0.39 is 46.9 Å². The number of hydrogen-bond donors (Lipinski definition) is 7. The predicted octanol–water partition coefficient (Wildman–Crippen LogP) is 6.98. The normalized spacial score (nSPS) is 48.3. The number of guanidine groups is 1. The van der Waals surface area contributed by atoms with Crippen molar-refractivity contribution in [3.63, 3.8) is 0 Å². The van der Waals surface area contributed by atoms with Crippen LogP contribution < -0.4 is 11.1 Å². The SMILES string of the molecule is C[C@H](O)NC(N)=NC[C@H]1[C@H]2C(=CC(=O)[C@@H]3C[C@@H](O)[C@@H](O)C[C@]23C)[C@]2(O)[C@H]3CSSC[C@@H](n4ccnc4)CC(C)(C)C4=C5CCCC[C@H]5C5=C6[C@H]4[C@@H](O)[C@H]4[C@H](CC[C@@H]1[C@]2(C)[C@@H]4C3)[C@@H]6CCC5.